The number of carbonyl (C=O) groups is 1. The lowest BCUT2D eigenvalue weighted by molar-refractivity contribution is -0.384. The van der Waals surface area contributed by atoms with Crippen LogP contribution in [0.1, 0.15) is 16.1 Å². The van der Waals surface area contributed by atoms with Crippen LogP contribution in [-0.2, 0) is 0 Å². The van der Waals surface area contributed by atoms with Gasteiger partial charge < -0.3 is 0 Å². The van der Waals surface area contributed by atoms with Gasteiger partial charge in [0.25, 0.3) is 10.9 Å². The molecule has 1 aromatic heterocycles. The number of rotatable bonds is 4. The number of nitro groups is 1. The highest BCUT2D eigenvalue weighted by atomic mass is 35.5. The Morgan fingerprint density at radius 2 is 1.72 bits per heavy atom. The molecule has 0 unspecified atom stereocenters. The summed E-state index contributed by atoms with van der Waals surface area (Å²) in [5.41, 5.74) is 3.29. The maximum absolute atomic E-state index is 11.9. The number of aromatic nitrogens is 1. The molecule has 0 radical (unpaired) electrons. The number of hydrogen-bond acceptors (Lipinski definition) is 4. The van der Waals surface area contributed by atoms with Gasteiger partial charge in [-0.15, -0.1) is 0 Å². The molecule has 0 aliphatic heterocycles. The van der Waals surface area contributed by atoms with Crippen LogP contribution in [0.3, 0.4) is 0 Å². The molecule has 2 aromatic carbocycles. The van der Waals surface area contributed by atoms with Gasteiger partial charge in [-0.3, -0.25) is 19.9 Å². The third-order valence-corrected chi connectivity index (χ3v) is 4.02. The lowest BCUT2D eigenvalue weighted by Gasteiger charge is -2.12. The summed E-state index contributed by atoms with van der Waals surface area (Å²) in [5.74, 6) is 0. The number of nitro benzene ring substituents is 1. The standard InChI is InChI=1S/C19H13ClN2O3/c1-12-18(19(20)23)16(14-8-5-9-15(10-14)22(24)25)11-17(21-12)13-6-3-2-4-7-13/h2-11H,1H3. The number of hydrogen-bond donors (Lipinski definition) is 0. The predicted molar refractivity (Wildman–Crippen MR) is 96.7 cm³/mol. The molecule has 3 rings (SSSR count). The highest BCUT2D eigenvalue weighted by molar-refractivity contribution is 6.68. The molecule has 0 saturated carbocycles. The van der Waals surface area contributed by atoms with E-state index in [9.17, 15) is 14.9 Å². The minimum absolute atomic E-state index is 0.0544. The summed E-state index contributed by atoms with van der Waals surface area (Å²) in [6.07, 6.45) is 0. The van der Waals surface area contributed by atoms with Gasteiger partial charge in [-0.05, 0) is 35.7 Å². The normalized spacial score (nSPS) is 10.5. The Hall–Kier alpha value is -3.05. The van der Waals surface area contributed by atoms with E-state index in [2.05, 4.69) is 4.98 Å². The van der Waals surface area contributed by atoms with Gasteiger partial charge in [-0.1, -0.05) is 42.5 Å². The topological polar surface area (TPSA) is 73.1 Å². The molecule has 0 aliphatic carbocycles. The first-order valence-electron chi connectivity index (χ1n) is 7.49. The molecule has 0 spiro atoms. The van der Waals surface area contributed by atoms with Crippen LogP contribution in [0.15, 0.2) is 60.7 Å². The molecule has 5 nitrogen and oxygen atoms in total. The highest BCUT2D eigenvalue weighted by Crippen LogP contribution is 2.32. The summed E-state index contributed by atoms with van der Waals surface area (Å²) in [6, 6.07) is 17.3. The molecule has 0 N–H and O–H groups in total. The Labute approximate surface area is 149 Å². The largest absolute Gasteiger partial charge is 0.276 e. The maximum atomic E-state index is 11.9. The number of nitrogens with zero attached hydrogens (tertiary/aromatic N) is 2. The van der Waals surface area contributed by atoms with Crippen molar-refractivity contribution < 1.29 is 9.72 Å². The second-order valence-electron chi connectivity index (χ2n) is 5.46. The molecule has 0 fully saturated rings. The molecule has 1 heterocycles. The minimum atomic E-state index is -0.647. The van der Waals surface area contributed by atoms with Crippen molar-refractivity contribution in [2.45, 2.75) is 6.92 Å². The van der Waals surface area contributed by atoms with Crippen molar-refractivity contribution in [1.82, 2.24) is 4.98 Å². The molecule has 3 aromatic rings. The lowest BCUT2D eigenvalue weighted by Crippen LogP contribution is -2.02. The zero-order chi connectivity index (χ0) is 18.0. The first-order chi connectivity index (χ1) is 12.0. The number of carbonyl (C=O) groups excluding carboxylic acids is 1. The fourth-order valence-corrected chi connectivity index (χ4v) is 2.93. The molecule has 6 heteroatoms. The summed E-state index contributed by atoms with van der Waals surface area (Å²) in [4.78, 5) is 27.0. The van der Waals surface area contributed by atoms with Gasteiger partial charge in [-0.25, -0.2) is 0 Å². The fraction of sp³-hybridized carbons (Fsp3) is 0.0526. The average Bonchev–Trinajstić information content (AvgIpc) is 2.61. The lowest BCUT2D eigenvalue weighted by atomic mass is 9.96. The van der Waals surface area contributed by atoms with E-state index in [0.717, 1.165) is 5.56 Å². The molecule has 25 heavy (non-hydrogen) atoms. The van der Waals surface area contributed by atoms with Gasteiger partial charge in [0.05, 0.1) is 21.9 Å². The van der Waals surface area contributed by atoms with Gasteiger partial charge in [-0.2, -0.15) is 0 Å². The van der Waals surface area contributed by atoms with E-state index in [1.54, 1.807) is 25.1 Å². The molecular weight excluding hydrogens is 340 g/mol. The molecule has 0 amide bonds. The maximum Gasteiger partial charge on any atom is 0.270 e. The fourth-order valence-electron chi connectivity index (χ4n) is 2.69. The second kappa shape index (κ2) is 6.83. The van der Waals surface area contributed by atoms with E-state index in [0.29, 0.717) is 22.5 Å². The van der Waals surface area contributed by atoms with Crippen LogP contribution < -0.4 is 0 Å². The van der Waals surface area contributed by atoms with E-state index in [4.69, 9.17) is 11.6 Å². The van der Waals surface area contributed by atoms with Crippen LogP contribution in [-0.4, -0.2) is 15.1 Å². The van der Waals surface area contributed by atoms with Crippen molar-refractivity contribution in [3.05, 3.63) is 82.0 Å². The third-order valence-electron chi connectivity index (χ3n) is 3.83. The summed E-state index contributed by atoms with van der Waals surface area (Å²) in [6.45, 7) is 1.70. The Morgan fingerprint density at radius 1 is 1.04 bits per heavy atom. The van der Waals surface area contributed by atoms with Crippen LogP contribution in [0.25, 0.3) is 22.4 Å². The van der Waals surface area contributed by atoms with Gasteiger partial charge in [0.1, 0.15) is 0 Å². The van der Waals surface area contributed by atoms with Crippen molar-refractivity contribution in [3.63, 3.8) is 0 Å². The van der Waals surface area contributed by atoms with Crippen molar-refractivity contribution in [2.24, 2.45) is 0 Å². The van der Waals surface area contributed by atoms with Crippen molar-refractivity contribution in [3.8, 4) is 22.4 Å². The molecule has 0 aliphatic rings. The van der Waals surface area contributed by atoms with E-state index in [1.165, 1.54) is 12.1 Å². The Bertz CT molecular complexity index is 972. The Kier molecular flexibility index (Phi) is 4.59. The number of pyridine rings is 1. The first kappa shape index (κ1) is 16.8. The van der Waals surface area contributed by atoms with Crippen LogP contribution in [0.2, 0.25) is 0 Å². The quantitative estimate of drug-likeness (QED) is 0.376. The smallest absolute Gasteiger partial charge is 0.270 e. The van der Waals surface area contributed by atoms with E-state index in [-0.39, 0.29) is 11.3 Å². The summed E-state index contributed by atoms with van der Waals surface area (Å²) in [7, 11) is 0. The second-order valence-corrected chi connectivity index (χ2v) is 5.81. The monoisotopic (exact) mass is 352 g/mol. The van der Waals surface area contributed by atoms with E-state index in [1.807, 2.05) is 30.3 Å². The summed E-state index contributed by atoms with van der Waals surface area (Å²) < 4.78 is 0. The number of benzene rings is 2. The molecule has 124 valence electrons. The zero-order valence-electron chi connectivity index (χ0n) is 13.3. The van der Waals surface area contributed by atoms with Crippen LogP contribution >= 0.6 is 11.6 Å². The SMILES string of the molecule is Cc1nc(-c2ccccc2)cc(-c2cccc([N+](=O)[O-])c2)c1C(=O)Cl. The Morgan fingerprint density at radius 3 is 2.36 bits per heavy atom. The average molecular weight is 353 g/mol. The highest BCUT2D eigenvalue weighted by Gasteiger charge is 2.19. The van der Waals surface area contributed by atoms with Crippen molar-refractivity contribution >= 4 is 22.5 Å². The molecule has 0 bridgehead atoms. The summed E-state index contributed by atoms with van der Waals surface area (Å²) in [5, 5.41) is 10.4. The van der Waals surface area contributed by atoms with Gasteiger partial charge in [0.2, 0.25) is 0 Å². The van der Waals surface area contributed by atoms with E-state index < -0.39 is 10.2 Å². The van der Waals surface area contributed by atoms with Crippen LogP contribution in [0.4, 0.5) is 5.69 Å². The molecular formula is C19H13ClN2O3. The van der Waals surface area contributed by atoms with Crippen LogP contribution in [0, 0.1) is 17.0 Å². The molecule has 0 atom stereocenters. The van der Waals surface area contributed by atoms with Gasteiger partial charge >= 0.3 is 0 Å². The minimum Gasteiger partial charge on any atom is -0.276 e. The predicted octanol–water partition coefficient (Wildman–Crippen LogP) is 5.01. The van der Waals surface area contributed by atoms with Crippen molar-refractivity contribution in [1.29, 1.82) is 0 Å². The first-order valence-corrected chi connectivity index (χ1v) is 7.87. The van der Waals surface area contributed by atoms with Crippen LogP contribution in [0.5, 0.6) is 0 Å². The zero-order valence-corrected chi connectivity index (χ0v) is 14.0. The number of non-ortho nitro benzene ring substituents is 1. The number of aryl methyl sites for hydroxylation is 1. The Balaban J connectivity index is 2.26. The van der Waals surface area contributed by atoms with Gasteiger partial charge in [0.15, 0.2) is 0 Å². The van der Waals surface area contributed by atoms with E-state index >= 15 is 0 Å². The van der Waals surface area contributed by atoms with Crippen molar-refractivity contribution in [2.75, 3.05) is 0 Å². The third kappa shape index (κ3) is 3.41. The summed E-state index contributed by atoms with van der Waals surface area (Å²) >= 11 is 5.75. The number of halogens is 1. The molecule has 0 saturated heterocycles. The van der Waals surface area contributed by atoms with Gasteiger partial charge in [0, 0.05) is 17.7 Å².